The van der Waals surface area contributed by atoms with E-state index in [1.54, 1.807) is 0 Å². The van der Waals surface area contributed by atoms with Crippen LogP contribution in [0.1, 0.15) is 50.5 Å². The molecule has 0 saturated heterocycles. The maximum atomic E-state index is 11.3. The maximum absolute atomic E-state index is 11.3. The van der Waals surface area contributed by atoms with Gasteiger partial charge in [0.05, 0.1) is 5.60 Å². The Morgan fingerprint density at radius 3 is 2.63 bits per heavy atom. The molecular weight excluding hydrogens is 232 g/mol. The largest absolute Gasteiger partial charge is 0.389 e. The van der Waals surface area contributed by atoms with Gasteiger partial charge in [-0.15, -0.1) is 0 Å². The molecule has 102 valence electrons. The third-order valence-corrected chi connectivity index (χ3v) is 5.40. The van der Waals surface area contributed by atoms with Crippen molar-refractivity contribution in [2.24, 2.45) is 11.8 Å². The molecule has 0 spiro atoms. The Morgan fingerprint density at radius 1 is 1.16 bits per heavy atom. The van der Waals surface area contributed by atoms with Gasteiger partial charge in [0.15, 0.2) is 0 Å². The molecule has 0 aromatic heterocycles. The summed E-state index contributed by atoms with van der Waals surface area (Å²) in [7, 11) is 0. The third kappa shape index (κ3) is 2.04. The molecule has 2 aliphatic carbocycles. The zero-order valence-electron chi connectivity index (χ0n) is 11.8. The van der Waals surface area contributed by atoms with E-state index in [0.717, 1.165) is 25.7 Å². The van der Waals surface area contributed by atoms with Crippen LogP contribution in [0.3, 0.4) is 0 Å². The minimum absolute atomic E-state index is 0.277. The molecule has 2 fully saturated rings. The van der Waals surface area contributed by atoms with Gasteiger partial charge in [-0.2, -0.15) is 0 Å². The number of hydrogen-bond acceptors (Lipinski definition) is 1. The van der Waals surface area contributed by atoms with Crippen molar-refractivity contribution in [3.8, 4) is 0 Å². The lowest BCUT2D eigenvalue weighted by atomic mass is 9.56. The highest BCUT2D eigenvalue weighted by atomic mass is 16.3. The van der Waals surface area contributed by atoms with Gasteiger partial charge in [0, 0.05) is 11.8 Å². The maximum Gasteiger partial charge on any atom is 0.0781 e. The summed E-state index contributed by atoms with van der Waals surface area (Å²) in [4.78, 5) is 0. The van der Waals surface area contributed by atoms with E-state index in [0.29, 0.717) is 11.8 Å². The quantitative estimate of drug-likeness (QED) is 0.743. The van der Waals surface area contributed by atoms with Gasteiger partial charge in [0.25, 0.3) is 0 Å². The van der Waals surface area contributed by atoms with Crippen LogP contribution in [-0.4, -0.2) is 10.7 Å². The zero-order chi connectivity index (χ0) is 13.5. The molecule has 0 aliphatic heterocycles. The van der Waals surface area contributed by atoms with E-state index in [1.165, 1.54) is 17.6 Å². The van der Waals surface area contributed by atoms with Gasteiger partial charge >= 0.3 is 0 Å². The summed E-state index contributed by atoms with van der Waals surface area (Å²) < 4.78 is 0. The number of hydrogen-bond donors (Lipinski definition) is 1. The van der Waals surface area contributed by atoms with Crippen molar-refractivity contribution in [2.75, 3.05) is 0 Å². The van der Waals surface area contributed by atoms with Crippen molar-refractivity contribution < 1.29 is 5.11 Å². The predicted octanol–water partition coefficient (Wildman–Crippen LogP) is 4.29. The summed E-state index contributed by atoms with van der Waals surface area (Å²) in [5.74, 6) is 1.10. The highest BCUT2D eigenvalue weighted by Gasteiger charge is 2.51. The van der Waals surface area contributed by atoms with Gasteiger partial charge < -0.3 is 5.11 Å². The monoisotopic (exact) mass is 256 g/mol. The fourth-order valence-electron chi connectivity index (χ4n) is 4.27. The summed E-state index contributed by atoms with van der Waals surface area (Å²) >= 11 is 0. The van der Waals surface area contributed by atoms with Gasteiger partial charge in [0.1, 0.15) is 0 Å². The van der Waals surface area contributed by atoms with Crippen LogP contribution < -0.4 is 0 Å². The molecule has 0 heterocycles. The molecular formula is C18H24O. The minimum Gasteiger partial charge on any atom is -0.389 e. The lowest BCUT2D eigenvalue weighted by molar-refractivity contribution is -0.0784. The van der Waals surface area contributed by atoms with Gasteiger partial charge in [-0.3, -0.25) is 0 Å². The van der Waals surface area contributed by atoms with Crippen LogP contribution in [0.15, 0.2) is 42.5 Å². The second-order valence-corrected chi connectivity index (χ2v) is 6.46. The van der Waals surface area contributed by atoms with Crippen LogP contribution in [0.5, 0.6) is 0 Å². The van der Waals surface area contributed by atoms with E-state index in [4.69, 9.17) is 0 Å². The van der Waals surface area contributed by atoms with E-state index >= 15 is 0 Å². The van der Waals surface area contributed by atoms with Gasteiger partial charge in [-0.1, -0.05) is 62.2 Å². The highest BCUT2D eigenvalue weighted by molar-refractivity contribution is 5.30. The number of fused-ring (bicyclic) bond motifs is 1. The fourth-order valence-corrected chi connectivity index (χ4v) is 4.27. The summed E-state index contributed by atoms with van der Waals surface area (Å²) in [6.07, 6.45) is 5.47. The van der Waals surface area contributed by atoms with E-state index in [2.05, 4.69) is 43.8 Å². The average Bonchev–Trinajstić information content (AvgIpc) is 2.44. The predicted molar refractivity (Wildman–Crippen MR) is 79.0 cm³/mol. The number of benzene rings is 1. The van der Waals surface area contributed by atoms with Gasteiger partial charge in [0.2, 0.25) is 0 Å². The van der Waals surface area contributed by atoms with E-state index < -0.39 is 5.60 Å². The first kappa shape index (κ1) is 12.9. The standard InChI is InChI=1S/C18H24O/c1-13-12-17(15-8-4-3-5-9-15)18(19)11-7-6-10-16(18)14(13)2/h3-5,8-9,13,16-17,19H,2,6-7,10-12H2,1H3/t13-,16+,17+,18+/m0/s1. The van der Waals surface area contributed by atoms with E-state index in [9.17, 15) is 5.11 Å². The Labute approximate surface area is 116 Å². The zero-order valence-corrected chi connectivity index (χ0v) is 11.8. The minimum atomic E-state index is -0.552. The molecule has 1 aromatic rings. The summed E-state index contributed by atoms with van der Waals surface area (Å²) in [6.45, 7) is 6.56. The molecule has 19 heavy (non-hydrogen) atoms. The molecule has 3 rings (SSSR count). The molecule has 2 aliphatic rings. The molecule has 1 N–H and O–H groups in total. The van der Waals surface area contributed by atoms with Crippen LogP contribution >= 0.6 is 0 Å². The molecule has 0 bridgehead atoms. The lowest BCUT2D eigenvalue weighted by Crippen LogP contribution is -2.51. The number of rotatable bonds is 1. The van der Waals surface area contributed by atoms with Crippen molar-refractivity contribution in [3.05, 3.63) is 48.0 Å². The second-order valence-electron chi connectivity index (χ2n) is 6.46. The molecule has 0 amide bonds. The normalized spacial score (nSPS) is 38.8. The first-order valence-electron chi connectivity index (χ1n) is 7.59. The van der Waals surface area contributed by atoms with E-state index in [-0.39, 0.29) is 5.92 Å². The van der Waals surface area contributed by atoms with Crippen LogP contribution in [0.25, 0.3) is 0 Å². The van der Waals surface area contributed by atoms with Crippen molar-refractivity contribution in [3.63, 3.8) is 0 Å². The van der Waals surface area contributed by atoms with Crippen molar-refractivity contribution >= 4 is 0 Å². The fraction of sp³-hybridized carbons (Fsp3) is 0.556. The van der Waals surface area contributed by atoms with Gasteiger partial charge in [-0.05, 0) is 30.7 Å². The van der Waals surface area contributed by atoms with E-state index in [1.807, 2.05) is 0 Å². The molecule has 0 radical (unpaired) electrons. The molecule has 1 heteroatoms. The summed E-state index contributed by atoms with van der Waals surface area (Å²) in [5.41, 5.74) is 2.04. The van der Waals surface area contributed by atoms with Crippen LogP contribution in [-0.2, 0) is 0 Å². The Bertz CT molecular complexity index is 464. The topological polar surface area (TPSA) is 20.2 Å². The first-order valence-corrected chi connectivity index (χ1v) is 7.59. The average molecular weight is 256 g/mol. The van der Waals surface area contributed by atoms with Crippen molar-refractivity contribution in [1.82, 2.24) is 0 Å². The smallest absolute Gasteiger partial charge is 0.0781 e. The molecule has 2 saturated carbocycles. The Balaban J connectivity index is 2.01. The summed E-state index contributed by atoms with van der Waals surface area (Å²) in [5, 5.41) is 11.3. The lowest BCUT2D eigenvalue weighted by Gasteiger charge is -2.52. The first-order chi connectivity index (χ1) is 9.13. The Morgan fingerprint density at radius 2 is 1.89 bits per heavy atom. The van der Waals surface area contributed by atoms with Crippen LogP contribution in [0.2, 0.25) is 0 Å². The Hall–Kier alpha value is -1.08. The number of aliphatic hydroxyl groups is 1. The highest BCUT2D eigenvalue weighted by Crippen LogP contribution is 2.54. The molecule has 1 aromatic carbocycles. The van der Waals surface area contributed by atoms with Crippen LogP contribution in [0, 0.1) is 11.8 Å². The van der Waals surface area contributed by atoms with Crippen LogP contribution in [0.4, 0.5) is 0 Å². The third-order valence-electron chi connectivity index (χ3n) is 5.40. The second kappa shape index (κ2) is 4.79. The van der Waals surface area contributed by atoms with Crippen molar-refractivity contribution in [2.45, 2.75) is 50.5 Å². The Kier molecular flexibility index (Phi) is 3.26. The molecule has 0 unspecified atom stereocenters. The summed E-state index contributed by atoms with van der Waals surface area (Å²) in [6, 6.07) is 10.6. The molecule has 1 nitrogen and oxygen atoms in total. The molecule has 4 atom stereocenters. The van der Waals surface area contributed by atoms with Gasteiger partial charge in [-0.25, -0.2) is 0 Å². The van der Waals surface area contributed by atoms with Crippen molar-refractivity contribution in [1.29, 1.82) is 0 Å². The SMILES string of the molecule is C=C1[C@H]2CCCC[C@]2(O)[C@@H](c2ccccc2)C[C@@H]1C.